The van der Waals surface area contributed by atoms with Crippen LogP contribution in [-0.2, 0) is 6.54 Å². The number of nitrogens with one attached hydrogen (secondary N) is 1. The Hall–Kier alpha value is -0.830. The lowest BCUT2D eigenvalue weighted by Gasteiger charge is -2.02. The van der Waals surface area contributed by atoms with Crippen molar-refractivity contribution in [3.05, 3.63) is 18.5 Å². The zero-order valence-corrected chi connectivity index (χ0v) is 9.66. The summed E-state index contributed by atoms with van der Waals surface area (Å²) in [7, 11) is 0. The molecule has 1 rings (SSSR count). The molecule has 1 N–H and O–H groups in total. The Labute approximate surface area is 87.5 Å². The Balaban J connectivity index is 0.000000791. The van der Waals surface area contributed by atoms with E-state index >= 15 is 0 Å². The number of hydrogen-bond donors (Lipinski definition) is 1. The van der Waals surface area contributed by atoms with Crippen molar-refractivity contribution in [1.29, 1.82) is 0 Å². The fourth-order valence-electron chi connectivity index (χ4n) is 1.10. The van der Waals surface area contributed by atoms with Crippen molar-refractivity contribution in [3.63, 3.8) is 0 Å². The Morgan fingerprint density at radius 3 is 2.64 bits per heavy atom. The highest BCUT2D eigenvalue weighted by atomic mass is 15.3. The van der Waals surface area contributed by atoms with Crippen LogP contribution in [0.5, 0.6) is 0 Å². The summed E-state index contributed by atoms with van der Waals surface area (Å²) in [5, 5.41) is 7.48. The van der Waals surface area contributed by atoms with Gasteiger partial charge in [-0.2, -0.15) is 5.10 Å². The van der Waals surface area contributed by atoms with Gasteiger partial charge in [-0.1, -0.05) is 20.8 Å². The number of aromatic nitrogens is 2. The van der Waals surface area contributed by atoms with Gasteiger partial charge < -0.3 is 5.32 Å². The van der Waals surface area contributed by atoms with E-state index in [4.69, 9.17) is 0 Å². The van der Waals surface area contributed by atoms with Gasteiger partial charge in [-0.05, 0) is 32.0 Å². The van der Waals surface area contributed by atoms with Crippen LogP contribution in [0.4, 0.5) is 0 Å². The quantitative estimate of drug-likeness (QED) is 0.709. The molecule has 0 aromatic carbocycles. The second kappa shape index (κ2) is 10.3. The van der Waals surface area contributed by atoms with Crippen molar-refractivity contribution in [2.45, 2.75) is 40.2 Å². The van der Waals surface area contributed by atoms with Crippen molar-refractivity contribution < 1.29 is 0 Å². The number of hydrogen-bond acceptors (Lipinski definition) is 2. The average Bonchev–Trinajstić information content (AvgIpc) is 2.74. The normalized spacial score (nSPS) is 9.36. The monoisotopic (exact) mass is 197 g/mol. The molecule has 0 spiro atoms. The standard InChI is InChI=1S/C9H17N3.C2H6/c1-2-5-10-6-3-8-12-9-4-7-11-12;1-2/h4,7,9-10H,2-3,5-6,8H2,1H3;1-2H3. The summed E-state index contributed by atoms with van der Waals surface area (Å²) in [6.07, 6.45) is 6.18. The minimum atomic E-state index is 1.02. The van der Waals surface area contributed by atoms with Gasteiger partial charge in [0.2, 0.25) is 0 Å². The maximum absolute atomic E-state index is 4.12. The van der Waals surface area contributed by atoms with E-state index in [1.165, 1.54) is 6.42 Å². The molecule has 0 saturated carbocycles. The molecule has 0 saturated heterocycles. The van der Waals surface area contributed by atoms with Crippen molar-refractivity contribution in [2.24, 2.45) is 0 Å². The molecule has 1 heterocycles. The van der Waals surface area contributed by atoms with Gasteiger partial charge in [0.25, 0.3) is 0 Å². The van der Waals surface area contributed by atoms with Crippen LogP contribution < -0.4 is 5.32 Å². The van der Waals surface area contributed by atoms with E-state index in [2.05, 4.69) is 17.3 Å². The highest BCUT2D eigenvalue weighted by Crippen LogP contribution is 1.87. The minimum absolute atomic E-state index is 1.02. The van der Waals surface area contributed by atoms with Crippen LogP contribution in [0.15, 0.2) is 18.5 Å². The van der Waals surface area contributed by atoms with Gasteiger partial charge in [0, 0.05) is 18.9 Å². The Morgan fingerprint density at radius 2 is 2.07 bits per heavy atom. The molecule has 0 bridgehead atoms. The fourth-order valence-corrected chi connectivity index (χ4v) is 1.10. The molecule has 0 atom stereocenters. The third-order valence-corrected chi connectivity index (χ3v) is 1.73. The molecular formula is C11H23N3. The Kier molecular flexibility index (Phi) is 9.64. The third kappa shape index (κ3) is 6.66. The first-order chi connectivity index (χ1) is 6.93. The van der Waals surface area contributed by atoms with E-state index in [1.54, 1.807) is 0 Å². The van der Waals surface area contributed by atoms with E-state index in [0.29, 0.717) is 0 Å². The largest absolute Gasteiger partial charge is 0.317 e. The SMILES string of the molecule is CC.CCCNCCCn1cccn1. The molecular weight excluding hydrogens is 174 g/mol. The Bertz CT molecular complexity index is 182. The van der Waals surface area contributed by atoms with E-state index in [-0.39, 0.29) is 0 Å². The van der Waals surface area contributed by atoms with Crippen molar-refractivity contribution in [3.8, 4) is 0 Å². The molecule has 3 heteroatoms. The number of aryl methyl sites for hydroxylation is 1. The van der Waals surface area contributed by atoms with E-state index in [0.717, 1.165) is 26.1 Å². The summed E-state index contributed by atoms with van der Waals surface area (Å²) in [4.78, 5) is 0. The predicted octanol–water partition coefficient (Wildman–Crippen LogP) is 2.30. The second-order valence-corrected chi connectivity index (χ2v) is 2.87. The van der Waals surface area contributed by atoms with Crippen LogP contribution in [0.1, 0.15) is 33.6 Å². The van der Waals surface area contributed by atoms with Crippen LogP contribution in [0, 0.1) is 0 Å². The molecule has 0 aliphatic rings. The number of nitrogens with zero attached hydrogens (tertiary/aromatic N) is 2. The van der Waals surface area contributed by atoms with Crippen LogP contribution in [-0.4, -0.2) is 22.9 Å². The molecule has 1 aromatic heterocycles. The second-order valence-electron chi connectivity index (χ2n) is 2.87. The van der Waals surface area contributed by atoms with E-state index in [1.807, 2.05) is 37.0 Å². The van der Waals surface area contributed by atoms with E-state index < -0.39 is 0 Å². The molecule has 0 aliphatic heterocycles. The molecule has 0 aliphatic carbocycles. The van der Waals surface area contributed by atoms with Crippen molar-refractivity contribution >= 4 is 0 Å². The van der Waals surface area contributed by atoms with Crippen LogP contribution in [0.25, 0.3) is 0 Å². The first-order valence-corrected chi connectivity index (χ1v) is 5.61. The van der Waals surface area contributed by atoms with Crippen LogP contribution >= 0.6 is 0 Å². The molecule has 3 nitrogen and oxygen atoms in total. The first-order valence-electron chi connectivity index (χ1n) is 5.61. The van der Waals surface area contributed by atoms with Gasteiger partial charge in [0.1, 0.15) is 0 Å². The molecule has 1 aromatic rings. The van der Waals surface area contributed by atoms with Crippen molar-refractivity contribution in [2.75, 3.05) is 13.1 Å². The summed E-state index contributed by atoms with van der Waals surface area (Å²) in [5.41, 5.74) is 0. The minimum Gasteiger partial charge on any atom is -0.317 e. The molecule has 14 heavy (non-hydrogen) atoms. The maximum atomic E-state index is 4.12. The predicted molar refractivity (Wildman–Crippen MR) is 61.4 cm³/mol. The third-order valence-electron chi connectivity index (χ3n) is 1.73. The topological polar surface area (TPSA) is 29.9 Å². The molecule has 0 fully saturated rings. The lowest BCUT2D eigenvalue weighted by Crippen LogP contribution is -2.17. The van der Waals surface area contributed by atoms with E-state index in [9.17, 15) is 0 Å². The molecule has 0 unspecified atom stereocenters. The van der Waals surface area contributed by atoms with Gasteiger partial charge in [-0.25, -0.2) is 0 Å². The summed E-state index contributed by atoms with van der Waals surface area (Å²) in [6, 6.07) is 1.96. The van der Waals surface area contributed by atoms with Gasteiger partial charge in [0.05, 0.1) is 0 Å². The van der Waals surface area contributed by atoms with Gasteiger partial charge >= 0.3 is 0 Å². The smallest absolute Gasteiger partial charge is 0.0489 e. The zero-order valence-electron chi connectivity index (χ0n) is 9.66. The molecule has 82 valence electrons. The lowest BCUT2D eigenvalue weighted by atomic mass is 10.4. The fraction of sp³-hybridized carbons (Fsp3) is 0.727. The van der Waals surface area contributed by atoms with Crippen LogP contribution in [0.2, 0.25) is 0 Å². The molecule has 0 radical (unpaired) electrons. The van der Waals surface area contributed by atoms with Gasteiger partial charge in [-0.15, -0.1) is 0 Å². The maximum Gasteiger partial charge on any atom is 0.0489 e. The first kappa shape index (κ1) is 13.2. The highest BCUT2D eigenvalue weighted by Gasteiger charge is 1.89. The lowest BCUT2D eigenvalue weighted by molar-refractivity contribution is 0.542. The summed E-state index contributed by atoms with van der Waals surface area (Å²) in [6.45, 7) is 9.41. The summed E-state index contributed by atoms with van der Waals surface area (Å²) >= 11 is 0. The Morgan fingerprint density at radius 1 is 1.29 bits per heavy atom. The van der Waals surface area contributed by atoms with Crippen molar-refractivity contribution in [1.82, 2.24) is 15.1 Å². The van der Waals surface area contributed by atoms with Gasteiger partial charge in [0.15, 0.2) is 0 Å². The van der Waals surface area contributed by atoms with Gasteiger partial charge in [-0.3, -0.25) is 4.68 Å². The summed E-state index contributed by atoms with van der Waals surface area (Å²) in [5.74, 6) is 0. The van der Waals surface area contributed by atoms with Crippen LogP contribution in [0.3, 0.4) is 0 Å². The average molecular weight is 197 g/mol. The number of rotatable bonds is 6. The zero-order chi connectivity index (χ0) is 10.6. The highest BCUT2D eigenvalue weighted by molar-refractivity contribution is 4.77. The molecule has 0 amide bonds. The summed E-state index contributed by atoms with van der Waals surface area (Å²) < 4.78 is 1.97.